The second kappa shape index (κ2) is 4.61. The lowest BCUT2D eigenvalue weighted by atomic mass is 9.92. The molecule has 0 bridgehead atoms. The summed E-state index contributed by atoms with van der Waals surface area (Å²) in [5, 5.41) is 0. The maximum atomic E-state index is 10.5. The minimum Gasteiger partial charge on any atom is -0.378 e. The van der Waals surface area contributed by atoms with E-state index in [1.807, 2.05) is 0 Å². The molecule has 0 radical (unpaired) electrons. The van der Waals surface area contributed by atoms with Crippen molar-refractivity contribution < 1.29 is 9.53 Å². The molecule has 0 saturated carbocycles. The van der Waals surface area contributed by atoms with Crippen molar-refractivity contribution in [1.82, 2.24) is 0 Å². The van der Waals surface area contributed by atoms with Crippen LogP contribution in [0.1, 0.15) is 33.1 Å². The molecule has 1 saturated heterocycles. The van der Waals surface area contributed by atoms with Gasteiger partial charge in [0.15, 0.2) is 0 Å². The van der Waals surface area contributed by atoms with Crippen molar-refractivity contribution in [2.75, 3.05) is 6.61 Å². The SMILES string of the molecule is CC(C)CC1CC(C=O)CCO1. The van der Waals surface area contributed by atoms with Gasteiger partial charge in [0, 0.05) is 12.5 Å². The van der Waals surface area contributed by atoms with Crippen LogP contribution in [0.15, 0.2) is 0 Å². The van der Waals surface area contributed by atoms with E-state index in [1.165, 1.54) is 0 Å². The average Bonchev–Trinajstić information content (AvgIpc) is 2.03. The van der Waals surface area contributed by atoms with E-state index in [0.717, 1.165) is 32.2 Å². The first-order chi connectivity index (χ1) is 5.72. The molecule has 2 heteroatoms. The quantitative estimate of drug-likeness (QED) is 0.606. The molecule has 0 aliphatic carbocycles. The molecule has 1 heterocycles. The molecule has 0 spiro atoms. The van der Waals surface area contributed by atoms with E-state index in [9.17, 15) is 4.79 Å². The molecular formula is C10H18O2. The van der Waals surface area contributed by atoms with Gasteiger partial charge in [-0.15, -0.1) is 0 Å². The highest BCUT2D eigenvalue weighted by Gasteiger charge is 2.22. The number of rotatable bonds is 3. The summed E-state index contributed by atoms with van der Waals surface area (Å²) in [6.07, 6.45) is 4.34. The van der Waals surface area contributed by atoms with Crippen molar-refractivity contribution in [3.05, 3.63) is 0 Å². The van der Waals surface area contributed by atoms with Gasteiger partial charge in [-0.25, -0.2) is 0 Å². The van der Waals surface area contributed by atoms with Gasteiger partial charge in [-0.2, -0.15) is 0 Å². The Balaban J connectivity index is 2.30. The van der Waals surface area contributed by atoms with Crippen molar-refractivity contribution in [2.24, 2.45) is 11.8 Å². The van der Waals surface area contributed by atoms with Crippen molar-refractivity contribution in [3.8, 4) is 0 Å². The Kier molecular flexibility index (Phi) is 3.73. The third kappa shape index (κ3) is 2.94. The lowest BCUT2D eigenvalue weighted by Gasteiger charge is -2.27. The molecule has 1 rings (SSSR count). The fourth-order valence-electron chi connectivity index (χ4n) is 1.72. The van der Waals surface area contributed by atoms with Gasteiger partial charge in [0.05, 0.1) is 6.10 Å². The largest absolute Gasteiger partial charge is 0.378 e. The fourth-order valence-corrected chi connectivity index (χ4v) is 1.72. The molecule has 0 N–H and O–H groups in total. The number of aldehydes is 1. The van der Waals surface area contributed by atoms with E-state index in [2.05, 4.69) is 13.8 Å². The summed E-state index contributed by atoms with van der Waals surface area (Å²) >= 11 is 0. The average molecular weight is 170 g/mol. The Hall–Kier alpha value is -0.370. The summed E-state index contributed by atoms with van der Waals surface area (Å²) in [5.74, 6) is 0.919. The summed E-state index contributed by atoms with van der Waals surface area (Å²) in [5.41, 5.74) is 0. The predicted molar refractivity (Wildman–Crippen MR) is 48.0 cm³/mol. The first-order valence-electron chi connectivity index (χ1n) is 4.79. The van der Waals surface area contributed by atoms with Crippen LogP contribution in [-0.2, 0) is 9.53 Å². The Morgan fingerprint density at radius 3 is 2.92 bits per heavy atom. The van der Waals surface area contributed by atoms with Gasteiger partial charge in [-0.05, 0) is 25.2 Å². The molecule has 0 aromatic rings. The Morgan fingerprint density at radius 2 is 2.33 bits per heavy atom. The van der Waals surface area contributed by atoms with E-state index in [4.69, 9.17) is 4.74 Å². The second-order valence-corrected chi connectivity index (χ2v) is 4.04. The van der Waals surface area contributed by atoms with E-state index >= 15 is 0 Å². The van der Waals surface area contributed by atoms with Gasteiger partial charge >= 0.3 is 0 Å². The number of hydrogen-bond acceptors (Lipinski definition) is 2. The van der Waals surface area contributed by atoms with Gasteiger partial charge in [-0.3, -0.25) is 0 Å². The molecular weight excluding hydrogens is 152 g/mol. The molecule has 0 amide bonds. The standard InChI is InChI=1S/C10H18O2/c1-8(2)5-10-6-9(7-11)3-4-12-10/h7-10H,3-6H2,1-2H3. The molecule has 0 aromatic heterocycles. The molecule has 2 nitrogen and oxygen atoms in total. The summed E-state index contributed by atoms with van der Waals surface area (Å²) in [7, 11) is 0. The van der Waals surface area contributed by atoms with Crippen LogP contribution in [0, 0.1) is 11.8 Å². The van der Waals surface area contributed by atoms with E-state index in [1.54, 1.807) is 0 Å². The molecule has 1 fully saturated rings. The maximum absolute atomic E-state index is 10.5. The predicted octanol–water partition coefficient (Wildman–Crippen LogP) is 2.03. The minimum absolute atomic E-state index is 0.252. The lowest BCUT2D eigenvalue weighted by Crippen LogP contribution is -2.27. The van der Waals surface area contributed by atoms with Crippen LogP contribution in [0.4, 0.5) is 0 Å². The van der Waals surface area contributed by atoms with Crippen LogP contribution >= 0.6 is 0 Å². The third-order valence-corrected chi connectivity index (χ3v) is 2.33. The van der Waals surface area contributed by atoms with Crippen LogP contribution in [0.25, 0.3) is 0 Å². The monoisotopic (exact) mass is 170 g/mol. The Labute approximate surface area is 74.3 Å². The number of carbonyl (C=O) groups excluding carboxylic acids is 1. The molecule has 70 valence electrons. The van der Waals surface area contributed by atoms with Crippen LogP contribution in [0.2, 0.25) is 0 Å². The zero-order valence-electron chi connectivity index (χ0n) is 7.95. The molecule has 2 atom stereocenters. The van der Waals surface area contributed by atoms with Crippen molar-refractivity contribution in [1.29, 1.82) is 0 Å². The smallest absolute Gasteiger partial charge is 0.123 e. The van der Waals surface area contributed by atoms with Gasteiger partial charge < -0.3 is 9.53 Å². The minimum atomic E-state index is 0.252. The number of hydrogen-bond donors (Lipinski definition) is 0. The zero-order valence-corrected chi connectivity index (χ0v) is 7.95. The first-order valence-corrected chi connectivity index (χ1v) is 4.79. The fraction of sp³-hybridized carbons (Fsp3) is 0.900. The summed E-state index contributed by atoms with van der Waals surface area (Å²) in [6, 6.07) is 0. The zero-order chi connectivity index (χ0) is 8.97. The van der Waals surface area contributed by atoms with Gasteiger partial charge in [0.25, 0.3) is 0 Å². The highest BCUT2D eigenvalue weighted by Crippen LogP contribution is 2.22. The number of ether oxygens (including phenoxy) is 1. The maximum Gasteiger partial charge on any atom is 0.123 e. The highest BCUT2D eigenvalue weighted by molar-refractivity contribution is 5.53. The summed E-state index contributed by atoms with van der Waals surface area (Å²) in [4.78, 5) is 10.5. The van der Waals surface area contributed by atoms with Crippen LogP contribution in [0.5, 0.6) is 0 Å². The van der Waals surface area contributed by atoms with E-state index < -0.39 is 0 Å². The van der Waals surface area contributed by atoms with Gasteiger partial charge in [0.2, 0.25) is 0 Å². The van der Waals surface area contributed by atoms with E-state index in [0.29, 0.717) is 12.0 Å². The highest BCUT2D eigenvalue weighted by atomic mass is 16.5. The summed E-state index contributed by atoms with van der Waals surface area (Å²) in [6.45, 7) is 5.14. The molecule has 1 aliphatic rings. The van der Waals surface area contributed by atoms with E-state index in [-0.39, 0.29) is 5.92 Å². The van der Waals surface area contributed by atoms with Crippen molar-refractivity contribution in [3.63, 3.8) is 0 Å². The number of carbonyl (C=O) groups is 1. The Bertz CT molecular complexity index is 143. The topological polar surface area (TPSA) is 26.3 Å². The van der Waals surface area contributed by atoms with Crippen molar-refractivity contribution >= 4 is 6.29 Å². The lowest BCUT2D eigenvalue weighted by molar-refractivity contribution is -0.116. The van der Waals surface area contributed by atoms with Gasteiger partial charge in [-0.1, -0.05) is 13.8 Å². The van der Waals surface area contributed by atoms with Gasteiger partial charge in [0.1, 0.15) is 6.29 Å². The summed E-state index contributed by atoms with van der Waals surface area (Å²) < 4.78 is 5.56. The van der Waals surface area contributed by atoms with Crippen molar-refractivity contribution in [2.45, 2.75) is 39.2 Å². The van der Waals surface area contributed by atoms with Crippen LogP contribution in [-0.4, -0.2) is 19.0 Å². The van der Waals surface area contributed by atoms with Crippen LogP contribution in [0.3, 0.4) is 0 Å². The third-order valence-electron chi connectivity index (χ3n) is 2.33. The second-order valence-electron chi connectivity index (χ2n) is 4.04. The van der Waals surface area contributed by atoms with Crippen LogP contribution < -0.4 is 0 Å². The normalized spacial score (nSPS) is 30.6. The Morgan fingerprint density at radius 1 is 1.58 bits per heavy atom. The molecule has 1 aliphatic heterocycles. The first kappa shape index (κ1) is 9.72. The molecule has 0 aromatic carbocycles. The molecule has 12 heavy (non-hydrogen) atoms. The molecule has 2 unspecified atom stereocenters.